The monoisotopic (exact) mass is 335 g/mol. The van der Waals surface area contributed by atoms with Gasteiger partial charge in [-0.05, 0) is 29.9 Å². The summed E-state index contributed by atoms with van der Waals surface area (Å²) in [5.41, 5.74) is 3.01. The topological polar surface area (TPSA) is 75.1 Å². The molecule has 1 aromatic carbocycles. The zero-order valence-electron chi connectivity index (χ0n) is 14.5. The van der Waals surface area contributed by atoms with Crippen molar-refractivity contribution >= 4 is 22.6 Å². The first-order valence-electron chi connectivity index (χ1n) is 8.27. The van der Waals surface area contributed by atoms with E-state index in [0.29, 0.717) is 5.82 Å². The number of aliphatic carboxylic acids is 1. The molecule has 0 spiro atoms. The van der Waals surface area contributed by atoms with Crippen LogP contribution in [0.2, 0.25) is 0 Å². The molecule has 128 valence electrons. The Labute approximate surface area is 146 Å². The van der Waals surface area contributed by atoms with Gasteiger partial charge >= 0.3 is 5.97 Å². The molecule has 1 unspecified atom stereocenters. The van der Waals surface area contributed by atoms with Gasteiger partial charge in [0.15, 0.2) is 0 Å². The molecule has 0 amide bonds. The lowest BCUT2D eigenvalue weighted by molar-refractivity contribution is -0.138. The van der Waals surface area contributed by atoms with E-state index in [1.807, 2.05) is 51.1 Å². The lowest BCUT2D eigenvalue weighted by Crippen LogP contribution is -2.34. The quantitative estimate of drug-likeness (QED) is 0.733. The minimum atomic E-state index is -0.880. The first-order valence-corrected chi connectivity index (χ1v) is 8.27. The maximum absolute atomic E-state index is 11.6. The molecule has 0 saturated heterocycles. The third-order valence-electron chi connectivity index (χ3n) is 4.32. The van der Waals surface area contributed by atoms with Gasteiger partial charge in [-0.25, -0.2) is 9.78 Å². The van der Waals surface area contributed by atoms with E-state index in [4.69, 9.17) is 0 Å². The fourth-order valence-electron chi connectivity index (χ4n) is 2.99. The Morgan fingerprint density at radius 1 is 1.16 bits per heavy atom. The van der Waals surface area contributed by atoms with Crippen LogP contribution >= 0.6 is 0 Å². The lowest BCUT2D eigenvalue weighted by Gasteiger charge is -2.21. The Morgan fingerprint density at radius 3 is 2.60 bits per heavy atom. The number of rotatable bonds is 5. The molecular formula is C20H21N3O2. The van der Waals surface area contributed by atoms with Gasteiger partial charge in [0.1, 0.15) is 11.9 Å². The van der Waals surface area contributed by atoms with Crippen molar-refractivity contribution in [2.24, 2.45) is 5.92 Å². The van der Waals surface area contributed by atoms with E-state index in [1.54, 1.807) is 18.6 Å². The summed E-state index contributed by atoms with van der Waals surface area (Å²) in [5, 5.41) is 14.6. The Morgan fingerprint density at radius 2 is 1.96 bits per heavy atom. The average molecular weight is 335 g/mol. The van der Waals surface area contributed by atoms with Crippen LogP contribution in [0.25, 0.3) is 21.9 Å². The Bertz CT molecular complexity index is 907. The summed E-state index contributed by atoms with van der Waals surface area (Å²) in [6.07, 6.45) is 5.32. The summed E-state index contributed by atoms with van der Waals surface area (Å²) in [4.78, 5) is 20.3. The first-order chi connectivity index (χ1) is 12.0. The van der Waals surface area contributed by atoms with Gasteiger partial charge in [0.2, 0.25) is 0 Å². The number of carboxylic acid groups (broad SMARTS) is 1. The Hall–Kier alpha value is -2.95. The second-order valence-corrected chi connectivity index (χ2v) is 6.46. The molecule has 0 aliphatic carbocycles. The fraction of sp³-hybridized carbons (Fsp3) is 0.250. The molecule has 2 heterocycles. The standard InChI is InChI=1S/C20H21N3O2/c1-12(2)18(20(24)25)23-19-17-13(3)6-4-8-15(17)16(11-22-19)14-7-5-9-21-10-14/h4-12,18H,1-3H3,(H,22,23)(H,24,25). The summed E-state index contributed by atoms with van der Waals surface area (Å²) < 4.78 is 0. The van der Waals surface area contributed by atoms with Crippen molar-refractivity contribution in [1.29, 1.82) is 0 Å². The molecule has 2 aromatic heterocycles. The van der Waals surface area contributed by atoms with Crippen LogP contribution in [0.5, 0.6) is 0 Å². The van der Waals surface area contributed by atoms with E-state index in [2.05, 4.69) is 15.3 Å². The number of carbonyl (C=O) groups is 1. The van der Waals surface area contributed by atoms with Gasteiger partial charge in [-0.1, -0.05) is 38.1 Å². The number of carboxylic acids is 1. The molecule has 1 atom stereocenters. The number of benzene rings is 1. The molecule has 0 radical (unpaired) electrons. The fourth-order valence-corrected chi connectivity index (χ4v) is 2.99. The van der Waals surface area contributed by atoms with Crippen LogP contribution in [0.1, 0.15) is 19.4 Å². The number of nitrogens with zero attached hydrogens (tertiary/aromatic N) is 2. The number of nitrogens with one attached hydrogen (secondary N) is 1. The Kier molecular flexibility index (Phi) is 4.65. The highest BCUT2D eigenvalue weighted by Crippen LogP contribution is 2.33. The van der Waals surface area contributed by atoms with Gasteiger partial charge in [-0.2, -0.15) is 0 Å². The van der Waals surface area contributed by atoms with E-state index in [9.17, 15) is 9.90 Å². The van der Waals surface area contributed by atoms with Gasteiger partial charge in [0.25, 0.3) is 0 Å². The highest BCUT2D eigenvalue weighted by atomic mass is 16.4. The van der Waals surface area contributed by atoms with Crippen molar-refractivity contribution in [3.8, 4) is 11.1 Å². The molecule has 0 fully saturated rings. The van der Waals surface area contributed by atoms with Crippen molar-refractivity contribution in [3.63, 3.8) is 0 Å². The van der Waals surface area contributed by atoms with E-state index in [0.717, 1.165) is 27.5 Å². The van der Waals surface area contributed by atoms with Crippen LogP contribution < -0.4 is 5.32 Å². The smallest absolute Gasteiger partial charge is 0.326 e. The van der Waals surface area contributed by atoms with Crippen molar-refractivity contribution < 1.29 is 9.90 Å². The van der Waals surface area contributed by atoms with E-state index in [1.165, 1.54) is 0 Å². The maximum Gasteiger partial charge on any atom is 0.326 e. The van der Waals surface area contributed by atoms with Crippen LogP contribution in [0.15, 0.2) is 48.9 Å². The molecular weight excluding hydrogens is 314 g/mol. The van der Waals surface area contributed by atoms with Gasteiger partial charge in [-0.3, -0.25) is 4.98 Å². The second kappa shape index (κ2) is 6.89. The van der Waals surface area contributed by atoms with Crippen molar-refractivity contribution in [2.75, 3.05) is 5.32 Å². The molecule has 5 heteroatoms. The van der Waals surface area contributed by atoms with E-state index >= 15 is 0 Å². The Balaban J connectivity index is 2.18. The van der Waals surface area contributed by atoms with Crippen LogP contribution in [-0.2, 0) is 4.79 Å². The number of anilines is 1. The number of pyridine rings is 2. The maximum atomic E-state index is 11.6. The highest BCUT2D eigenvalue weighted by molar-refractivity contribution is 6.03. The highest BCUT2D eigenvalue weighted by Gasteiger charge is 2.23. The average Bonchev–Trinajstić information content (AvgIpc) is 2.59. The number of aryl methyl sites for hydroxylation is 1. The van der Waals surface area contributed by atoms with E-state index in [-0.39, 0.29) is 5.92 Å². The van der Waals surface area contributed by atoms with Crippen molar-refractivity contribution in [1.82, 2.24) is 9.97 Å². The molecule has 0 aliphatic heterocycles. The molecule has 25 heavy (non-hydrogen) atoms. The zero-order chi connectivity index (χ0) is 18.0. The molecule has 3 rings (SSSR count). The van der Waals surface area contributed by atoms with Crippen LogP contribution in [0.3, 0.4) is 0 Å². The van der Waals surface area contributed by atoms with Crippen molar-refractivity contribution in [2.45, 2.75) is 26.8 Å². The molecule has 0 bridgehead atoms. The summed E-state index contributed by atoms with van der Waals surface area (Å²) in [6, 6.07) is 9.23. The zero-order valence-corrected chi connectivity index (χ0v) is 14.5. The van der Waals surface area contributed by atoms with Crippen molar-refractivity contribution in [3.05, 3.63) is 54.5 Å². The molecule has 3 aromatic rings. The number of aromatic nitrogens is 2. The minimum absolute atomic E-state index is 0.0589. The van der Waals surface area contributed by atoms with Gasteiger partial charge in [0, 0.05) is 35.1 Å². The number of hydrogen-bond acceptors (Lipinski definition) is 4. The van der Waals surface area contributed by atoms with Gasteiger partial charge in [0.05, 0.1) is 0 Å². The molecule has 0 saturated carbocycles. The first kappa shape index (κ1) is 16.9. The van der Waals surface area contributed by atoms with Crippen LogP contribution in [0, 0.1) is 12.8 Å². The number of hydrogen-bond donors (Lipinski definition) is 2. The minimum Gasteiger partial charge on any atom is -0.480 e. The van der Waals surface area contributed by atoms with Crippen LogP contribution in [0.4, 0.5) is 5.82 Å². The molecule has 5 nitrogen and oxygen atoms in total. The summed E-state index contributed by atoms with van der Waals surface area (Å²) >= 11 is 0. The number of fused-ring (bicyclic) bond motifs is 1. The largest absolute Gasteiger partial charge is 0.480 e. The SMILES string of the molecule is Cc1cccc2c(-c3cccnc3)cnc(NC(C(=O)O)C(C)C)c12. The lowest BCUT2D eigenvalue weighted by atomic mass is 9.98. The third-order valence-corrected chi connectivity index (χ3v) is 4.32. The molecule has 0 aliphatic rings. The second-order valence-electron chi connectivity index (χ2n) is 6.46. The predicted octanol–water partition coefficient (Wildman–Crippen LogP) is 4.13. The normalized spacial score (nSPS) is 12.3. The molecule has 2 N–H and O–H groups in total. The van der Waals surface area contributed by atoms with Gasteiger partial charge < -0.3 is 10.4 Å². The summed E-state index contributed by atoms with van der Waals surface area (Å²) in [5.74, 6) is -0.340. The third kappa shape index (κ3) is 3.31. The van der Waals surface area contributed by atoms with E-state index < -0.39 is 12.0 Å². The summed E-state index contributed by atoms with van der Waals surface area (Å²) in [6.45, 7) is 5.77. The van der Waals surface area contributed by atoms with Crippen LogP contribution in [-0.4, -0.2) is 27.1 Å². The predicted molar refractivity (Wildman–Crippen MR) is 99.6 cm³/mol. The summed E-state index contributed by atoms with van der Waals surface area (Å²) in [7, 11) is 0. The van der Waals surface area contributed by atoms with Gasteiger partial charge in [-0.15, -0.1) is 0 Å².